The van der Waals surface area contributed by atoms with Crippen LogP contribution in [0.1, 0.15) is 5.56 Å². The van der Waals surface area contributed by atoms with Gasteiger partial charge in [0.05, 0.1) is 12.0 Å². The number of fused-ring (bicyclic) bond motifs is 1. The van der Waals surface area contributed by atoms with Gasteiger partial charge >= 0.3 is 0 Å². The van der Waals surface area contributed by atoms with Crippen LogP contribution in [0.3, 0.4) is 0 Å². The number of halogens is 1. The highest BCUT2D eigenvalue weighted by molar-refractivity contribution is 7.89. The third kappa shape index (κ3) is 4.03. The number of pyridine rings is 1. The average Bonchev–Trinajstić information content (AvgIpc) is 2.77. The van der Waals surface area contributed by atoms with Gasteiger partial charge in [-0.3, -0.25) is 4.98 Å². The van der Waals surface area contributed by atoms with Crippen LogP contribution in [0.25, 0.3) is 21.9 Å². The third-order valence-corrected chi connectivity index (χ3v) is 6.28. The maximum Gasteiger partial charge on any atom is 0.240 e. The Balaban J connectivity index is 1.66. The number of aromatic nitrogens is 1. The van der Waals surface area contributed by atoms with Crippen LogP contribution >= 0.6 is 0 Å². The number of benzene rings is 3. The molecule has 3 aromatic carbocycles. The van der Waals surface area contributed by atoms with Gasteiger partial charge in [-0.2, -0.15) is 0 Å². The lowest BCUT2D eigenvalue weighted by molar-refractivity contribution is 0.414. The van der Waals surface area contributed by atoms with Gasteiger partial charge < -0.3 is 4.74 Å². The van der Waals surface area contributed by atoms with Crippen molar-refractivity contribution in [3.05, 3.63) is 90.5 Å². The molecule has 0 fully saturated rings. The van der Waals surface area contributed by atoms with E-state index in [1.54, 1.807) is 30.6 Å². The van der Waals surface area contributed by atoms with Crippen molar-refractivity contribution in [2.75, 3.05) is 7.11 Å². The van der Waals surface area contributed by atoms with Crippen LogP contribution in [0.2, 0.25) is 0 Å². The molecule has 1 heterocycles. The molecular weight excluding hydrogens is 403 g/mol. The molecule has 0 unspecified atom stereocenters. The second-order valence-electron chi connectivity index (χ2n) is 6.70. The second-order valence-corrected chi connectivity index (χ2v) is 8.47. The highest BCUT2D eigenvalue weighted by Crippen LogP contribution is 2.31. The highest BCUT2D eigenvalue weighted by Gasteiger charge is 2.15. The van der Waals surface area contributed by atoms with Crippen molar-refractivity contribution in [1.82, 2.24) is 9.71 Å². The number of sulfonamides is 1. The number of rotatable bonds is 6. The molecule has 30 heavy (non-hydrogen) atoms. The Morgan fingerprint density at radius 1 is 1.00 bits per heavy atom. The third-order valence-electron chi connectivity index (χ3n) is 4.87. The van der Waals surface area contributed by atoms with Crippen molar-refractivity contribution >= 4 is 20.8 Å². The predicted octanol–water partition coefficient (Wildman–Crippen LogP) is 4.53. The van der Waals surface area contributed by atoms with Gasteiger partial charge in [-0.05, 0) is 64.5 Å². The molecule has 0 aliphatic carbocycles. The molecule has 0 saturated heterocycles. The lowest BCUT2D eigenvalue weighted by atomic mass is 9.96. The second kappa shape index (κ2) is 8.22. The van der Waals surface area contributed by atoms with Gasteiger partial charge in [-0.15, -0.1) is 0 Å². The summed E-state index contributed by atoms with van der Waals surface area (Å²) in [4.78, 5) is 4.34. The zero-order valence-electron chi connectivity index (χ0n) is 16.2. The minimum atomic E-state index is -3.70. The smallest absolute Gasteiger partial charge is 0.240 e. The van der Waals surface area contributed by atoms with E-state index in [4.69, 9.17) is 4.74 Å². The molecule has 0 saturated carbocycles. The monoisotopic (exact) mass is 422 g/mol. The zero-order chi connectivity index (χ0) is 21.1. The first kappa shape index (κ1) is 20.0. The van der Waals surface area contributed by atoms with Crippen LogP contribution in [0.5, 0.6) is 5.75 Å². The Bertz CT molecular complexity index is 1310. The molecule has 5 nitrogen and oxygen atoms in total. The van der Waals surface area contributed by atoms with Gasteiger partial charge in [0.1, 0.15) is 11.6 Å². The van der Waals surface area contributed by atoms with Crippen molar-refractivity contribution in [1.29, 1.82) is 0 Å². The fraction of sp³-hybridized carbons (Fsp3) is 0.0870. The molecule has 0 amide bonds. The van der Waals surface area contributed by atoms with Crippen molar-refractivity contribution in [3.63, 3.8) is 0 Å². The molecule has 1 aromatic heterocycles. The topological polar surface area (TPSA) is 68.3 Å². The molecule has 1 N–H and O–H groups in total. The molecule has 4 rings (SSSR count). The quantitative estimate of drug-likeness (QED) is 0.496. The number of nitrogens with one attached hydrogen (secondary N) is 1. The number of ether oxygens (including phenoxy) is 1. The van der Waals surface area contributed by atoms with E-state index in [1.165, 1.54) is 31.4 Å². The molecule has 0 aliphatic rings. The van der Waals surface area contributed by atoms with Crippen molar-refractivity contribution < 1.29 is 17.5 Å². The fourth-order valence-electron chi connectivity index (χ4n) is 3.32. The fourth-order valence-corrected chi connectivity index (χ4v) is 4.33. The predicted molar refractivity (Wildman–Crippen MR) is 114 cm³/mol. The van der Waals surface area contributed by atoms with E-state index in [0.717, 1.165) is 27.5 Å². The summed E-state index contributed by atoms with van der Waals surface area (Å²) < 4.78 is 46.7. The Labute approximate surface area is 174 Å². The Hall–Kier alpha value is -3.29. The summed E-state index contributed by atoms with van der Waals surface area (Å²) in [6, 6.07) is 18.1. The molecule has 7 heteroatoms. The lowest BCUT2D eigenvalue weighted by Gasteiger charge is -2.13. The first-order valence-corrected chi connectivity index (χ1v) is 10.7. The normalized spacial score (nSPS) is 11.5. The molecule has 152 valence electrons. The van der Waals surface area contributed by atoms with Gasteiger partial charge in [0.15, 0.2) is 0 Å². The maximum absolute atomic E-state index is 13.7. The molecule has 0 radical (unpaired) electrons. The van der Waals surface area contributed by atoms with E-state index in [2.05, 4.69) is 9.71 Å². The molecule has 0 spiro atoms. The number of hydrogen-bond donors (Lipinski definition) is 1. The minimum absolute atomic E-state index is 0.0972. The van der Waals surface area contributed by atoms with Crippen molar-refractivity contribution in [2.45, 2.75) is 11.4 Å². The van der Waals surface area contributed by atoms with E-state index in [9.17, 15) is 12.8 Å². The van der Waals surface area contributed by atoms with E-state index in [1.807, 2.05) is 24.3 Å². The lowest BCUT2D eigenvalue weighted by Crippen LogP contribution is -2.23. The van der Waals surface area contributed by atoms with Gasteiger partial charge in [-0.1, -0.05) is 24.3 Å². The van der Waals surface area contributed by atoms with Crippen LogP contribution in [-0.2, 0) is 16.6 Å². The van der Waals surface area contributed by atoms with Gasteiger partial charge in [0.2, 0.25) is 10.0 Å². The number of hydrogen-bond acceptors (Lipinski definition) is 4. The van der Waals surface area contributed by atoms with E-state index < -0.39 is 10.0 Å². The summed E-state index contributed by atoms with van der Waals surface area (Å²) in [6.07, 6.45) is 3.35. The molecule has 4 aromatic rings. The zero-order valence-corrected chi connectivity index (χ0v) is 17.0. The molecular formula is C23H19FN2O3S. The van der Waals surface area contributed by atoms with Crippen LogP contribution < -0.4 is 9.46 Å². The standard InChI is InChI=1S/C23H19FN2O3S/c1-29-19-6-8-20(9-7-19)30(27,28)26-14-17-5-10-21(16-3-2-4-18(24)13-16)22-11-12-25-15-23(17)22/h2-13,15,26H,14H2,1H3. The van der Waals surface area contributed by atoms with Crippen molar-refractivity contribution in [2.24, 2.45) is 0 Å². The van der Waals surface area contributed by atoms with E-state index in [0.29, 0.717) is 5.75 Å². The highest BCUT2D eigenvalue weighted by atomic mass is 32.2. The summed E-state index contributed by atoms with van der Waals surface area (Å²) in [5.41, 5.74) is 2.38. The first-order chi connectivity index (χ1) is 14.5. The van der Waals surface area contributed by atoms with Gasteiger partial charge in [0, 0.05) is 24.3 Å². The Morgan fingerprint density at radius 2 is 1.80 bits per heavy atom. The number of methoxy groups -OCH3 is 1. The van der Waals surface area contributed by atoms with Gasteiger partial charge in [0.25, 0.3) is 0 Å². The van der Waals surface area contributed by atoms with Crippen LogP contribution in [0.4, 0.5) is 4.39 Å². The van der Waals surface area contributed by atoms with Crippen LogP contribution in [0, 0.1) is 5.82 Å². The molecule has 0 atom stereocenters. The summed E-state index contributed by atoms with van der Waals surface area (Å²) >= 11 is 0. The Kier molecular flexibility index (Phi) is 5.48. The SMILES string of the molecule is COc1ccc(S(=O)(=O)NCc2ccc(-c3cccc(F)c3)c3ccncc23)cc1. The van der Waals surface area contributed by atoms with Crippen LogP contribution in [-0.4, -0.2) is 20.5 Å². The van der Waals surface area contributed by atoms with Crippen molar-refractivity contribution in [3.8, 4) is 16.9 Å². The van der Waals surface area contributed by atoms with E-state index >= 15 is 0 Å². The maximum atomic E-state index is 13.7. The van der Waals surface area contributed by atoms with Gasteiger partial charge in [-0.25, -0.2) is 17.5 Å². The minimum Gasteiger partial charge on any atom is -0.497 e. The van der Waals surface area contributed by atoms with Crippen LogP contribution in [0.15, 0.2) is 84.0 Å². The molecule has 0 aliphatic heterocycles. The Morgan fingerprint density at radius 3 is 2.53 bits per heavy atom. The van der Waals surface area contributed by atoms with E-state index in [-0.39, 0.29) is 17.3 Å². The largest absolute Gasteiger partial charge is 0.497 e. The number of nitrogens with zero attached hydrogens (tertiary/aromatic N) is 1. The summed E-state index contributed by atoms with van der Waals surface area (Å²) in [5, 5.41) is 1.67. The average molecular weight is 422 g/mol. The molecule has 0 bridgehead atoms. The summed E-state index contributed by atoms with van der Waals surface area (Å²) in [7, 11) is -2.17. The summed E-state index contributed by atoms with van der Waals surface area (Å²) in [6.45, 7) is 0.0972. The first-order valence-electron chi connectivity index (χ1n) is 9.23. The summed E-state index contributed by atoms with van der Waals surface area (Å²) in [5.74, 6) is 0.269.